The van der Waals surface area contributed by atoms with Crippen LogP contribution in [0.1, 0.15) is 81.1 Å². The van der Waals surface area contributed by atoms with Crippen molar-refractivity contribution in [3.8, 4) is 11.4 Å². The summed E-state index contributed by atoms with van der Waals surface area (Å²) in [7, 11) is 0. The molecule has 0 bridgehead atoms. The van der Waals surface area contributed by atoms with E-state index >= 15 is 0 Å². The van der Waals surface area contributed by atoms with E-state index in [4.69, 9.17) is 0 Å². The molecule has 0 amide bonds. The molecule has 0 saturated heterocycles. The number of thioether (sulfide) groups is 1. The minimum absolute atomic E-state index is 0.560. The molecule has 0 aliphatic heterocycles. The highest BCUT2D eigenvalue weighted by Crippen LogP contribution is 2.31. The number of aryl methyl sites for hydroxylation is 1. The Labute approximate surface area is 179 Å². The molecule has 2 aromatic rings. The lowest BCUT2D eigenvalue weighted by Gasteiger charge is -2.13. The summed E-state index contributed by atoms with van der Waals surface area (Å²) in [5.41, 5.74) is 3.39. The molecule has 2 aromatic heterocycles. The fourth-order valence-electron chi connectivity index (χ4n) is 3.35. The van der Waals surface area contributed by atoms with Crippen LogP contribution < -0.4 is 0 Å². The first-order chi connectivity index (χ1) is 14.1. The number of carbonyl (C=O) groups is 1. The highest BCUT2D eigenvalue weighted by molar-refractivity contribution is 8.00. The van der Waals surface area contributed by atoms with Crippen LogP contribution in [0.15, 0.2) is 36.7 Å². The average Bonchev–Trinajstić information content (AvgIpc) is 2.72. The van der Waals surface area contributed by atoms with Crippen LogP contribution in [0.4, 0.5) is 0 Å². The highest BCUT2D eigenvalue weighted by Gasteiger charge is 2.21. The summed E-state index contributed by atoms with van der Waals surface area (Å²) in [5.74, 6) is 0.0768. The zero-order valence-corrected chi connectivity index (χ0v) is 18.6. The monoisotopic (exact) mass is 414 g/mol. The lowest BCUT2D eigenvalue weighted by molar-refractivity contribution is -0.136. The molecule has 0 spiro atoms. The quantitative estimate of drug-likeness (QED) is 0.343. The van der Waals surface area contributed by atoms with Gasteiger partial charge in [-0.15, -0.1) is 11.8 Å². The first-order valence-corrected chi connectivity index (χ1v) is 11.9. The Bertz CT molecular complexity index is 751. The predicted molar refractivity (Wildman–Crippen MR) is 122 cm³/mol. The van der Waals surface area contributed by atoms with Crippen LogP contribution >= 0.6 is 11.8 Å². The van der Waals surface area contributed by atoms with Crippen LogP contribution in [0.2, 0.25) is 0 Å². The van der Waals surface area contributed by atoms with Crippen LogP contribution in [0, 0.1) is 6.92 Å². The van der Waals surface area contributed by atoms with Crippen molar-refractivity contribution in [2.24, 2.45) is 0 Å². The van der Waals surface area contributed by atoms with Crippen molar-refractivity contribution < 1.29 is 9.90 Å². The van der Waals surface area contributed by atoms with E-state index in [1.54, 1.807) is 18.5 Å². The van der Waals surface area contributed by atoms with Gasteiger partial charge < -0.3 is 5.11 Å². The van der Waals surface area contributed by atoms with Gasteiger partial charge in [0.1, 0.15) is 5.25 Å². The molecule has 0 aliphatic rings. The number of unbranched alkanes of at least 4 members (excludes halogenated alkanes) is 8. The summed E-state index contributed by atoms with van der Waals surface area (Å²) >= 11 is 1.52. The first-order valence-electron chi connectivity index (χ1n) is 10.8. The molecule has 4 nitrogen and oxygen atoms in total. The molecule has 0 radical (unpaired) electrons. The van der Waals surface area contributed by atoms with Gasteiger partial charge in [0.15, 0.2) is 0 Å². The van der Waals surface area contributed by atoms with Crippen molar-refractivity contribution in [1.82, 2.24) is 9.97 Å². The maximum atomic E-state index is 11.8. The molecule has 158 valence electrons. The smallest absolute Gasteiger partial charge is 0.321 e. The molecule has 5 heteroatoms. The van der Waals surface area contributed by atoms with Crippen LogP contribution in [0.25, 0.3) is 11.4 Å². The van der Waals surface area contributed by atoms with Gasteiger partial charge in [-0.2, -0.15) is 0 Å². The minimum Gasteiger partial charge on any atom is -0.480 e. The molecule has 0 aromatic carbocycles. The Morgan fingerprint density at radius 3 is 2.14 bits per heavy atom. The topological polar surface area (TPSA) is 63.1 Å². The normalized spacial score (nSPS) is 12.1. The summed E-state index contributed by atoms with van der Waals surface area (Å²) < 4.78 is 0. The Morgan fingerprint density at radius 2 is 1.52 bits per heavy atom. The molecular formula is C24H34N2O2S. The van der Waals surface area contributed by atoms with Crippen LogP contribution in [-0.2, 0) is 4.79 Å². The van der Waals surface area contributed by atoms with E-state index < -0.39 is 11.2 Å². The lowest BCUT2D eigenvalue weighted by Crippen LogP contribution is -2.09. The summed E-state index contributed by atoms with van der Waals surface area (Å²) in [4.78, 5) is 20.6. The van der Waals surface area contributed by atoms with Crippen molar-refractivity contribution in [2.75, 3.05) is 5.75 Å². The number of pyridine rings is 2. The van der Waals surface area contributed by atoms with Gasteiger partial charge in [-0.25, -0.2) is 0 Å². The van der Waals surface area contributed by atoms with Gasteiger partial charge in [-0.3, -0.25) is 14.8 Å². The molecule has 29 heavy (non-hydrogen) atoms. The third-order valence-corrected chi connectivity index (χ3v) is 6.35. The zero-order valence-electron chi connectivity index (χ0n) is 17.8. The Hall–Kier alpha value is -1.88. The van der Waals surface area contributed by atoms with Gasteiger partial charge in [-0.05, 0) is 54.5 Å². The Kier molecular flexibility index (Phi) is 10.8. The van der Waals surface area contributed by atoms with Gasteiger partial charge in [0.25, 0.3) is 0 Å². The van der Waals surface area contributed by atoms with E-state index in [1.807, 2.05) is 25.1 Å². The molecule has 0 saturated carbocycles. The second kappa shape index (κ2) is 13.4. The first kappa shape index (κ1) is 23.4. The van der Waals surface area contributed by atoms with E-state index in [1.165, 1.54) is 63.1 Å². The molecule has 1 atom stereocenters. The standard InChI is InChI=1S/C24H34N2O2S/c1-3-4-5-6-7-8-9-10-11-16-29-23(24(27)28)20-13-15-26-22(18-20)21-17-19(2)12-14-25-21/h12-15,17-18,23H,3-11,16H2,1-2H3,(H,27,28)/t23-/m0/s1. The number of aromatic nitrogens is 2. The number of rotatable bonds is 14. The molecule has 0 unspecified atom stereocenters. The van der Waals surface area contributed by atoms with E-state index in [2.05, 4.69) is 16.9 Å². The number of aliphatic carboxylic acids is 1. The van der Waals surface area contributed by atoms with E-state index in [0.29, 0.717) is 0 Å². The highest BCUT2D eigenvalue weighted by atomic mass is 32.2. The Balaban J connectivity index is 1.81. The number of hydrogen-bond acceptors (Lipinski definition) is 4. The third-order valence-electron chi connectivity index (χ3n) is 5.02. The van der Waals surface area contributed by atoms with Gasteiger partial charge in [0, 0.05) is 12.4 Å². The van der Waals surface area contributed by atoms with E-state index in [-0.39, 0.29) is 0 Å². The number of hydrogen-bond donors (Lipinski definition) is 1. The van der Waals surface area contributed by atoms with Gasteiger partial charge in [0.2, 0.25) is 0 Å². The summed E-state index contributed by atoms with van der Waals surface area (Å²) in [6.45, 7) is 4.25. The fraction of sp³-hybridized carbons (Fsp3) is 0.542. The maximum Gasteiger partial charge on any atom is 0.321 e. The number of carboxylic acid groups (broad SMARTS) is 1. The van der Waals surface area contributed by atoms with E-state index in [9.17, 15) is 9.90 Å². The summed E-state index contributed by atoms with van der Waals surface area (Å²) in [6.07, 6.45) is 14.9. The van der Waals surface area contributed by atoms with Crippen LogP contribution in [0.3, 0.4) is 0 Å². The number of nitrogens with zero attached hydrogens (tertiary/aromatic N) is 2. The van der Waals surface area contributed by atoms with Crippen LogP contribution in [0.5, 0.6) is 0 Å². The Morgan fingerprint density at radius 1 is 0.931 bits per heavy atom. The maximum absolute atomic E-state index is 11.8. The van der Waals surface area contributed by atoms with Crippen molar-refractivity contribution >= 4 is 17.7 Å². The second-order valence-electron chi connectivity index (χ2n) is 7.61. The molecule has 2 heterocycles. The molecule has 0 aliphatic carbocycles. The fourth-order valence-corrected chi connectivity index (χ4v) is 4.44. The van der Waals surface area contributed by atoms with E-state index in [0.717, 1.165) is 34.7 Å². The molecule has 1 N–H and O–H groups in total. The third kappa shape index (κ3) is 8.57. The van der Waals surface area contributed by atoms with Crippen molar-refractivity contribution in [2.45, 2.75) is 76.9 Å². The average molecular weight is 415 g/mol. The van der Waals surface area contributed by atoms with Gasteiger partial charge in [0.05, 0.1) is 11.4 Å². The molecule has 0 fully saturated rings. The molecular weight excluding hydrogens is 380 g/mol. The van der Waals surface area contributed by atoms with Crippen molar-refractivity contribution in [3.63, 3.8) is 0 Å². The van der Waals surface area contributed by atoms with Crippen molar-refractivity contribution in [1.29, 1.82) is 0 Å². The lowest BCUT2D eigenvalue weighted by atomic mass is 10.1. The van der Waals surface area contributed by atoms with Crippen molar-refractivity contribution in [3.05, 3.63) is 47.8 Å². The minimum atomic E-state index is -0.791. The summed E-state index contributed by atoms with van der Waals surface area (Å²) in [6, 6.07) is 7.58. The van der Waals surface area contributed by atoms with Gasteiger partial charge >= 0.3 is 5.97 Å². The predicted octanol–water partition coefficient (Wildman–Crippen LogP) is 6.84. The zero-order chi connectivity index (χ0) is 20.9. The largest absolute Gasteiger partial charge is 0.480 e. The molecule has 2 rings (SSSR count). The van der Waals surface area contributed by atoms with Crippen LogP contribution in [-0.4, -0.2) is 26.8 Å². The SMILES string of the molecule is CCCCCCCCCCCS[C@H](C(=O)O)c1ccnc(-c2cc(C)ccn2)c1. The summed E-state index contributed by atoms with van der Waals surface area (Å²) in [5, 5.41) is 9.16. The second-order valence-corrected chi connectivity index (χ2v) is 8.82. The van der Waals surface area contributed by atoms with Gasteiger partial charge in [-0.1, -0.05) is 58.3 Å². The number of carboxylic acids is 1.